The van der Waals surface area contributed by atoms with Gasteiger partial charge in [0.1, 0.15) is 92.1 Å². The molecule has 48 heavy (non-hydrogen) atoms. The van der Waals surface area contributed by atoms with Crippen molar-refractivity contribution < 1.29 is 75.1 Å². The number of benzene rings is 1. The van der Waals surface area contributed by atoms with Crippen molar-refractivity contribution in [2.75, 3.05) is 19.8 Å². The predicted molar refractivity (Wildman–Crippen MR) is 158 cm³/mol. The molecule has 5 rings (SSSR count). The number of ether oxygens (including phenoxy) is 3. The summed E-state index contributed by atoms with van der Waals surface area (Å²) in [5.74, 6) is 13.2. The van der Waals surface area contributed by atoms with Gasteiger partial charge in [-0.2, -0.15) is 5.10 Å². The molecule has 0 unspecified atom stereocenters. The van der Waals surface area contributed by atoms with Gasteiger partial charge in [-0.05, 0) is 12.1 Å². The van der Waals surface area contributed by atoms with Crippen LogP contribution >= 0.6 is 0 Å². The zero-order chi connectivity index (χ0) is 34.7. The molecule has 15 atom stereocenters. The van der Waals surface area contributed by atoms with Crippen LogP contribution in [-0.4, -0.2) is 173 Å². The predicted octanol–water partition coefficient (Wildman–Crippen LogP) is -5.61. The van der Waals surface area contributed by atoms with Crippen LogP contribution in [0.25, 0.3) is 10.9 Å². The molecule has 4 heterocycles. The highest BCUT2D eigenvalue weighted by atomic mass is 17.2. The SMILES string of the molecule is C#C[C@H]1O[C@H](CO)[C@@H](O)[C@H](OOC[C@H]2O[C@H](C#Cc3cc(C#C[C@H]4O[C@H](CO)[C@@H](O)[C@H](O)[C@@H]4O)c4[nH]ncc4c3)[C@@H](O)[C@@H](O)[C@@H]2O)[C@@H]1O. The second kappa shape index (κ2) is 15.5. The van der Waals surface area contributed by atoms with Crippen molar-refractivity contribution in [1.82, 2.24) is 10.2 Å². The molecule has 0 spiro atoms. The fourth-order valence-corrected chi connectivity index (χ4v) is 5.48. The van der Waals surface area contributed by atoms with E-state index in [0.717, 1.165) is 0 Å². The monoisotopic (exact) mass is 676 g/mol. The Kier molecular flexibility index (Phi) is 11.7. The van der Waals surface area contributed by atoms with Crippen LogP contribution in [0, 0.1) is 36.0 Å². The molecule has 0 bridgehead atoms. The molecule has 3 saturated heterocycles. The number of nitrogens with one attached hydrogen (secondary N) is 1. The smallest absolute Gasteiger partial charge is 0.151 e. The van der Waals surface area contributed by atoms with Crippen molar-refractivity contribution >= 4 is 10.9 Å². The molecule has 3 fully saturated rings. The number of H-pyrrole nitrogens is 1. The minimum atomic E-state index is -1.72. The molecule has 3 aliphatic heterocycles. The lowest BCUT2D eigenvalue weighted by molar-refractivity contribution is -0.388. The van der Waals surface area contributed by atoms with E-state index < -0.39 is 111 Å². The lowest BCUT2D eigenvalue weighted by atomic mass is 9.95. The highest BCUT2D eigenvalue weighted by molar-refractivity contribution is 5.85. The summed E-state index contributed by atoms with van der Waals surface area (Å²) in [7, 11) is 0. The van der Waals surface area contributed by atoms with E-state index in [2.05, 4.69) is 39.8 Å². The van der Waals surface area contributed by atoms with Crippen molar-refractivity contribution in [3.05, 3.63) is 29.5 Å². The third-order valence-corrected chi connectivity index (χ3v) is 8.30. The molecule has 0 radical (unpaired) electrons. The van der Waals surface area contributed by atoms with Gasteiger partial charge < -0.3 is 65.3 Å². The lowest BCUT2D eigenvalue weighted by Gasteiger charge is -2.40. The van der Waals surface area contributed by atoms with E-state index in [1.807, 2.05) is 0 Å². The highest BCUT2D eigenvalue weighted by Crippen LogP contribution is 2.26. The average Bonchev–Trinajstić information content (AvgIpc) is 3.57. The summed E-state index contributed by atoms with van der Waals surface area (Å²) >= 11 is 0. The number of terminal acetylenes is 1. The average molecular weight is 677 g/mol. The Labute approximate surface area is 273 Å². The molecular weight excluding hydrogens is 640 g/mol. The number of nitrogens with zero attached hydrogens (tertiary/aromatic N) is 1. The number of aromatic nitrogens is 2. The van der Waals surface area contributed by atoms with Crippen molar-refractivity contribution in [2.24, 2.45) is 0 Å². The quantitative estimate of drug-likeness (QED) is 0.0773. The number of hydrogen-bond donors (Lipinski definition) is 11. The maximum Gasteiger partial charge on any atom is 0.151 e. The van der Waals surface area contributed by atoms with Crippen molar-refractivity contribution in [2.45, 2.75) is 91.6 Å². The molecule has 0 saturated carbocycles. The van der Waals surface area contributed by atoms with Gasteiger partial charge in [-0.15, -0.1) is 6.42 Å². The Hall–Kier alpha value is -3.23. The molecule has 0 aliphatic carbocycles. The summed E-state index contributed by atoms with van der Waals surface area (Å²) in [5, 5.41) is 109. The van der Waals surface area contributed by atoms with Crippen LogP contribution < -0.4 is 0 Å². The fourth-order valence-electron chi connectivity index (χ4n) is 5.48. The van der Waals surface area contributed by atoms with E-state index in [-0.39, 0.29) is 0 Å². The molecule has 17 nitrogen and oxygen atoms in total. The van der Waals surface area contributed by atoms with Gasteiger partial charge in [-0.25, -0.2) is 9.78 Å². The second-order valence-electron chi connectivity index (χ2n) is 11.5. The van der Waals surface area contributed by atoms with E-state index in [4.69, 9.17) is 30.4 Å². The minimum absolute atomic E-state index is 0.350. The third-order valence-electron chi connectivity index (χ3n) is 8.30. The molecule has 17 heteroatoms. The Bertz CT molecular complexity index is 1570. The van der Waals surface area contributed by atoms with E-state index in [9.17, 15) is 51.1 Å². The number of aliphatic hydroxyl groups is 10. The maximum absolute atomic E-state index is 10.6. The Morgan fingerprint density at radius 3 is 1.94 bits per heavy atom. The zero-order valence-electron chi connectivity index (χ0n) is 25.1. The number of rotatable bonds is 6. The fraction of sp³-hybridized carbons (Fsp3) is 0.581. The minimum Gasteiger partial charge on any atom is -0.394 e. The summed E-state index contributed by atoms with van der Waals surface area (Å²) in [4.78, 5) is 10.3. The van der Waals surface area contributed by atoms with Gasteiger partial charge in [0.15, 0.2) is 6.10 Å². The first-order chi connectivity index (χ1) is 23.0. The van der Waals surface area contributed by atoms with Gasteiger partial charge in [0.05, 0.1) is 30.5 Å². The van der Waals surface area contributed by atoms with Crippen molar-refractivity contribution in [3.63, 3.8) is 0 Å². The molecule has 1 aromatic carbocycles. The number of aliphatic hydroxyl groups excluding tert-OH is 10. The van der Waals surface area contributed by atoms with Crippen molar-refractivity contribution in [3.8, 4) is 36.0 Å². The number of hydrogen-bond acceptors (Lipinski definition) is 16. The van der Waals surface area contributed by atoms with Crippen LogP contribution in [0.5, 0.6) is 0 Å². The van der Waals surface area contributed by atoms with E-state index in [0.29, 0.717) is 22.0 Å². The van der Waals surface area contributed by atoms with Gasteiger partial charge in [0.25, 0.3) is 0 Å². The number of fused-ring (bicyclic) bond motifs is 1. The Morgan fingerprint density at radius 1 is 0.708 bits per heavy atom. The second-order valence-corrected chi connectivity index (χ2v) is 11.5. The lowest BCUT2D eigenvalue weighted by Crippen LogP contribution is -2.60. The van der Waals surface area contributed by atoms with Gasteiger partial charge in [0, 0.05) is 10.9 Å². The van der Waals surface area contributed by atoms with Gasteiger partial charge in [-0.1, -0.05) is 29.6 Å². The first kappa shape index (κ1) is 36.1. The largest absolute Gasteiger partial charge is 0.394 e. The van der Waals surface area contributed by atoms with Gasteiger partial charge in [-0.3, -0.25) is 5.10 Å². The standard InChI is InChI=1S/C31H36N2O15/c1-2-16-27(40)31(28(41)20(11-35)45-16)48-44-12-21-26(39)30(43)23(36)17(47-21)5-3-13-7-14(22-15(8-13)9-32-33-22)4-6-18-24(37)29(42)25(38)19(10-34)46-18/h1,7-9,16-21,23-31,34-43H,10-12H2,(H,32,33)/t16-,17-,18-,19-,20-,21-,23-,24-,25-,26-,27-,28-,29-,30-,31-/m1/s1. The summed E-state index contributed by atoms with van der Waals surface area (Å²) in [6.07, 6.45) is -14.8. The van der Waals surface area contributed by atoms with Crippen LogP contribution in [0.4, 0.5) is 0 Å². The van der Waals surface area contributed by atoms with E-state index in [1.165, 1.54) is 6.20 Å². The Balaban J connectivity index is 1.30. The summed E-state index contributed by atoms with van der Waals surface area (Å²) in [6.45, 7) is -1.79. The van der Waals surface area contributed by atoms with E-state index in [1.54, 1.807) is 12.1 Å². The first-order valence-electron chi connectivity index (χ1n) is 14.9. The van der Waals surface area contributed by atoms with Crippen LogP contribution in [0.2, 0.25) is 0 Å². The van der Waals surface area contributed by atoms with Gasteiger partial charge >= 0.3 is 0 Å². The first-order valence-corrected chi connectivity index (χ1v) is 14.9. The molecule has 3 aliphatic rings. The van der Waals surface area contributed by atoms with Crippen LogP contribution in [0.3, 0.4) is 0 Å². The molecule has 11 N–H and O–H groups in total. The zero-order valence-corrected chi connectivity index (χ0v) is 25.1. The molecule has 1 aromatic heterocycles. The highest BCUT2D eigenvalue weighted by Gasteiger charge is 2.47. The number of aromatic amines is 1. The third kappa shape index (κ3) is 7.35. The molecule has 260 valence electrons. The normalized spacial score (nSPS) is 39.9. The summed E-state index contributed by atoms with van der Waals surface area (Å²) in [5.41, 5.74) is 1.21. The van der Waals surface area contributed by atoms with Crippen molar-refractivity contribution in [1.29, 1.82) is 0 Å². The molecule has 0 amide bonds. The topological polar surface area (TPSA) is 277 Å². The van der Waals surface area contributed by atoms with Crippen LogP contribution in [0.15, 0.2) is 18.3 Å². The molecular formula is C31H36N2O15. The van der Waals surface area contributed by atoms with Crippen LogP contribution in [0.1, 0.15) is 11.1 Å². The van der Waals surface area contributed by atoms with Gasteiger partial charge in [0.2, 0.25) is 0 Å². The molecule has 2 aromatic rings. The van der Waals surface area contributed by atoms with E-state index >= 15 is 0 Å². The van der Waals surface area contributed by atoms with Crippen LogP contribution in [-0.2, 0) is 24.0 Å². The summed E-state index contributed by atoms with van der Waals surface area (Å²) < 4.78 is 16.4. The summed E-state index contributed by atoms with van der Waals surface area (Å²) in [6, 6.07) is 3.19. The Morgan fingerprint density at radius 2 is 1.29 bits per heavy atom. The maximum atomic E-state index is 10.6.